The highest BCUT2D eigenvalue weighted by Crippen LogP contribution is 2.30. The minimum atomic E-state index is -3.53. The number of sulfonamides is 1. The van der Waals surface area contributed by atoms with E-state index in [2.05, 4.69) is 27.9 Å². The number of nitrogens with one attached hydrogen (secondary N) is 1. The molecule has 0 amide bonds. The third-order valence-corrected chi connectivity index (χ3v) is 6.91. The maximum absolute atomic E-state index is 12.5. The Balaban J connectivity index is 2.06. The van der Waals surface area contributed by atoms with Crippen LogP contribution in [-0.4, -0.2) is 31.5 Å². The largest absolute Gasteiger partial charge is 0.495 e. The van der Waals surface area contributed by atoms with Crippen LogP contribution in [0.3, 0.4) is 0 Å². The SMILES string of the molecule is C=C/N=C(/c1ccncc1)c1cc(C(/C=C(/NS(=O)(=O)C2CC2)C(=C)OC)=C/N)ccc1N. The molecular formula is C24H27N5O3S. The summed E-state index contributed by atoms with van der Waals surface area (Å²) >= 11 is 0. The van der Waals surface area contributed by atoms with E-state index in [0.29, 0.717) is 40.9 Å². The summed E-state index contributed by atoms with van der Waals surface area (Å²) in [6, 6.07) is 8.99. The molecule has 1 fully saturated rings. The number of pyridine rings is 1. The number of nitrogens with zero attached hydrogens (tertiary/aromatic N) is 2. The number of nitrogens with two attached hydrogens (primary N) is 2. The average Bonchev–Trinajstić information content (AvgIpc) is 3.67. The smallest absolute Gasteiger partial charge is 0.235 e. The molecule has 0 bridgehead atoms. The van der Waals surface area contributed by atoms with Crippen LogP contribution in [-0.2, 0) is 14.8 Å². The van der Waals surface area contributed by atoms with Gasteiger partial charge in [-0.15, -0.1) is 0 Å². The third kappa shape index (κ3) is 5.69. The Kier molecular flexibility index (Phi) is 7.34. The summed E-state index contributed by atoms with van der Waals surface area (Å²) in [5.74, 6) is 0.167. The number of aliphatic imine (C=N–C) groups is 1. The highest BCUT2D eigenvalue weighted by atomic mass is 32.2. The van der Waals surface area contributed by atoms with Crippen molar-refractivity contribution in [2.75, 3.05) is 12.8 Å². The minimum absolute atomic E-state index is 0.167. The number of rotatable bonds is 10. The van der Waals surface area contributed by atoms with Crippen LogP contribution in [0.2, 0.25) is 0 Å². The minimum Gasteiger partial charge on any atom is -0.495 e. The van der Waals surface area contributed by atoms with E-state index in [9.17, 15) is 8.42 Å². The molecule has 9 heteroatoms. The van der Waals surface area contributed by atoms with E-state index in [1.54, 1.807) is 30.6 Å². The number of hydrogen-bond donors (Lipinski definition) is 3. The number of benzene rings is 1. The van der Waals surface area contributed by atoms with Crippen LogP contribution in [0.15, 0.2) is 90.8 Å². The molecule has 3 rings (SSSR count). The highest BCUT2D eigenvalue weighted by molar-refractivity contribution is 7.90. The van der Waals surface area contributed by atoms with Gasteiger partial charge in [-0.1, -0.05) is 19.2 Å². The maximum Gasteiger partial charge on any atom is 0.235 e. The Hall–Kier alpha value is -3.85. The molecule has 0 radical (unpaired) electrons. The molecule has 172 valence electrons. The van der Waals surface area contributed by atoms with Gasteiger partial charge in [-0.3, -0.25) is 14.7 Å². The molecule has 1 saturated carbocycles. The number of anilines is 1. The molecular weight excluding hydrogens is 438 g/mol. The molecule has 0 atom stereocenters. The lowest BCUT2D eigenvalue weighted by Gasteiger charge is -2.15. The number of aromatic nitrogens is 1. The molecule has 0 aliphatic heterocycles. The third-order valence-electron chi connectivity index (χ3n) is 5.06. The van der Waals surface area contributed by atoms with Crippen LogP contribution in [0.5, 0.6) is 0 Å². The topological polar surface area (TPSA) is 133 Å². The van der Waals surface area contributed by atoms with Crippen LogP contribution in [0.25, 0.3) is 5.57 Å². The predicted molar refractivity (Wildman–Crippen MR) is 132 cm³/mol. The molecule has 5 N–H and O–H groups in total. The van der Waals surface area contributed by atoms with Crippen molar-refractivity contribution >= 4 is 27.0 Å². The first-order valence-corrected chi connectivity index (χ1v) is 11.7. The van der Waals surface area contributed by atoms with Gasteiger partial charge < -0.3 is 16.2 Å². The molecule has 0 saturated heterocycles. The van der Waals surface area contributed by atoms with Gasteiger partial charge in [0.2, 0.25) is 10.0 Å². The Morgan fingerprint density at radius 2 is 1.94 bits per heavy atom. The first kappa shape index (κ1) is 23.8. The Morgan fingerprint density at radius 1 is 1.24 bits per heavy atom. The number of methoxy groups -OCH3 is 1. The molecule has 33 heavy (non-hydrogen) atoms. The first-order chi connectivity index (χ1) is 15.8. The fourth-order valence-corrected chi connectivity index (χ4v) is 4.52. The Bertz CT molecular complexity index is 1240. The number of nitrogen functional groups attached to an aromatic ring is 1. The van der Waals surface area contributed by atoms with Gasteiger partial charge in [0.05, 0.1) is 23.8 Å². The van der Waals surface area contributed by atoms with Crippen molar-refractivity contribution in [1.82, 2.24) is 9.71 Å². The zero-order valence-corrected chi connectivity index (χ0v) is 19.2. The van der Waals surface area contributed by atoms with Gasteiger partial charge in [-0.25, -0.2) is 8.42 Å². The lowest BCUT2D eigenvalue weighted by molar-refractivity contribution is 0.300. The molecule has 0 spiro atoms. The van der Waals surface area contributed by atoms with E-state index in [1.165, 1.54) is 19.5 Å². The van der Waals surface area contributed by atoms with Crippen LogP contribution in [0, 0.1) is 0 Å². The normalized spacial score (nSPS) is 15.1. The first-order valence-electron chi connectivity index (χ1n) is 10.2. The van der Waals surface area contributed by atoms with Crippen molar-refractivity contribution < 1.29 is 13.2 Å². The van der Waals surface area contributed by atoms with Gasteiger partial charge >= 0.3 is 0 Å². The highest BCUT2D eigenvalue weighted by Gasteiger charge is 2.36. The van der Waals surface area contributed by atoms with Crippen LogP contribution < -0.4 is 16.2 Å². The molecule has 8 nitrogen and oxygen atoms in total. The van der Waals surface area contributed by atoms with E-state index in [1.807, 2.05) is 18.2 Å². The summed E-state index contributed by atoms with van der Waals surface area (Å²) in [5.41, 5.74) is 16.2. The second-order valence-electron chi connectivity index (χ2n) is 7.35. The summed E-state index contributed by atoms with van der Waals surface area (Å²) in [7, 11) is -2.11. The Labute approximate surface area is 194 Å². The predicted octanol–water partition coefficient (Wildman–Crippen LogP) is 3.07. The van der Waals surface area contributed by atoms with Gasteiger partial charge in [0, 0.05) is 41.6 Å². The monoisotopic (exact) mass is 465 g/mol. The number of allylic oxidation sites excluding steroid dienone is 2. The van der Waals surface area contributed by atoms with Gasteiger partial charge in [0.15, 0.2) is 0 Å². The Morgan fingerprint density at radius 3 is 2.52 bits per heavy atom. The molecule has 1 aromatic carbocycles. The summed E-state index contributed by atoms with van der Waals surface area (Å²) < 4.78 is 32.8. The van der Waals surface area contributed by atoms with Crippen molar-refractivity contribution in [2.24, 2.45) is 10.7 Å². The van der Waals surface area contributed by atoms with E-state index >= 15 is 0 Å². The van der Waals surface area contributed by atoms with Crippen LogP contribution in [0.1, 0.15) is 29.5 Å². The molecule has 1 aliphatic carbocycles. The quantitative estimate of drug-likeness (QED) is 0.214. The van der Waals surface area contributed by atoms with Gasteiger partial charge in [-0.05, 0) is 54.3 Å². The van der Waals surface area contributed by atoms with Gasteiger partial charge in [0.25, 0.3) is 0 Å². The van der Waals surface area contributed by atoms with E-state index in [4.69, 9.17) is 16.2 Å². The molecule has 1 aliphatic rings. The lowest BCUT2D eigenvalue weighted by Crippen LogP contribution is -2.27. The summed E-state index contributed by atoms with van der Waals surface area (Å²) in [6.45, 7) is 7.50. The molecule has 2 aromatic rings. The van der Waals surface area contributed by atoms with Crippen molar-refractivity contribution in [3.63, 3.8) is 0 Å². The van der Waals surface area contributed by atoms with Crippen LogP contribution >= 0.6 is 0 Å². The summed E-state index contributed by atoms with van der Waals surface area (Å²) in [5, 5.41) is -0.406. The fourth-order valence-electron chi connectivity index (χ4n) is 3.12. The maximum atomic E-state index is 12.5. The van der Waals surface area contributed by atoms with Gasteiger partial charge in [0.1, 0.15) is 5.76 Å². The van der Waals surface area contributed by atoms with Gasteiger partial charge in [-0.2, -0.15) is 0 Å². The van der Waals surface area contributed by atoms with E-state index in [-0.39, 0.29) is 11.5 Å². The summed E-state index contributed by atoms with van der Waals surface area (Å²) in [4.78, 5) is 8.45. The summed E-state index contributed by atoms with van der Waals surface area (Å²) in [6.07, 6.45) is 8.98. The lowest BCUT2D eigenvalue weighted by atomic mass is 9.96. The average molecular weight is 466 g/mol. The van der Waals surface area contributed by atoms with Crippen molar-refractivity contribution in [2.45, 2.75) is 18.1 Å². The van der Waals surface area contributed by atoms with E-state index in [0.717, 1.165) is 5.56 Å². The van der Waals surface area contributed by atoms with E-state index < -0.39 is 15.3 Å². The fraction of sp³-hybridized carbons (Fsp3) is 0.167. The molecule has 1 heterocycles. The molecule has 0 unspecified atom stereocenters. The standard InChI is InChI=1S/C24H27N5O3S/c1-4-28-24(17-9-11-27-12-10-17)21-13-18(5-8-22(21)26)19(15-25)14-23(16(2)32-3)29-33(30,31)20-6-7-20/h4-5,8-15,20,29H,1-2,6-7,25-26H2,3H3/b19-15+,23-14+,28-24-. The zero-order valence-electron chi connectivity index (χ0n) is 18.4. The second kappa shape index (κ2) is 10.2. The number of ether oxygens (including phenoxy) is 1. The second-order valence-corrected chi connectivity index (χ2v) is 9.31. The van der Waals surface area contributed by atoms with Crippen LogP contribution in [0.4, 0.5) is 5.69 Å². The van der Waals surface area contributed by atoms with Crippen molar-refractivity contribution in [1.29, 1.82) is 0 Å². The molecule has 1 aromatic heterocycles. The zero-order chi connectivity index (χ0) is 24.0. The van der Waals surface area contributed by atoms with Crippen molar-refractivity contribution in [3.05, 3.63) is 103 Å². The van der Waals surface area contributed by atoms with Crippen molar-refractivity contribution in [3.8, 4) is 0 Å². The number of hydrogen-bond acceptors (Lipinski definition) is 7.